The van der Waals surface area contributed by atoms with E-state index in [0.29, 0.717) is 12.5 Å². The molecule has 0 aromatic heterocycles. The van der Waals surface area contributed by atoms with Crippen LogP contribution in [0.2, 0.25) is 0 Å². The molecule has 0 N–H and O–H groups in total. The Kier molecular flexibility index (Phi) is 5.40. The zero-order valence-electron chi connectivity index (χ0n) is 6.39. The molecule has 0 heterocycles. The number of ether oxygens (including phenoxy) is 1. The molecular formula is C7H13ClO2. The van der Waals surface area contributed by atoms with E-state index in [2.05, 4.69) is 6.92 Å². The number of carbonyl (C=O) groups excluding carboxylic acids is 1. The minimum atomic E-state index is -0.332. The topological polar surface area (TPSA) is 26.3 Å². The number of carbonyl (C=O) groups is 1. The van der Waals surface area contributed by atoms with Crippen molar-refractivity contribution >= 4 is 17.6 Å². The molecule has 0 fully saturated rings. The Labute approximate surface area is 66.5 Å². The van der Waals surface area contributed by atoms with Crippen LogP contribution >= 0.6 is 11.6 Å². The van der Waals surface area contributed by atoms with Gasteiger partial charge in [0.25, 0.3) is 0 Å². The summed E-state index contributed by atoms with van der Waals surface area (Å²) in [7, 11) is 0. The molecule has 0 spiro atoms. The molecule has 0 aromatic rings. The van der Waals surface area contributed by atoms with E-state index in [0.717, 1.165) is 6.42 Å². The van der Waals surface area contributed by atoms with Gasteiger partial charge < -0.3 is 4.74 Å². The SMILES string of the molecule is CC[C@H](C)COC(=O)CCl. The van der Waals surface area contributed by atoms with Gasteiger partial charge in [-0.3, -0.25) is 4.79 Å². The van der Waals surface area contributed by atoms with E-state index in [1.54, 1.807) is 0 Å². The van der Waals surface area contributed by atoms with Crippen molar-refractivity contribution in [2.24, 2.45) is 5.92 Å². The summed E-state index contributed by atoms with van der Waals surface area (Å²) < 4.78 is 4.77. The Morgan fingerprint density at radius 1 is 1.70 bits per heavy atom. The quantitative estimate of drug-likeness (QED) is 0.468. The van der Waals surface area contributed by atoms with Crippen LogP contribution in [0, 0.1) is 5.92 Å². The van der Waals surface area contributed by atoms with Crippen LogP contribution in [0.5, 0.6) is 0 Å². The van der Waals surface area contributed by atoms with Crippen LogP contribution in [0.15, 0.2) is 0 Å². The molecule has 0 aromatic carbocycles. The first-order valence-electron chi connectivity index (χ1n) is 3.42. The highest BCUT2D eigenvalue weighted by Gasteiger charge is 2.02. The maximum atomic E-state index is 10.5. The van der Waals surface area contributed by atoms with Crippen molar-refractivity contribution in [3.8, 4) is 0 Å². The van der Waals surface area contributed by atoms with Crippen LogP contribution in [0.25, 0.3) is 0 Å². The molecule has 2 nitrogen and oxygen atoms in total. The summed E-state index contributed by atoms with van der Waals surface area (Å²) in [6.07, 6.45) is 1.02. The lowest BCUT2D eigenvalue weighted by Crippen LogP contribution is -2.11. The summed E-state index contributed by atoms with van der Waals surface area (Å²) in [5.74, 6) is 0.0605. The van der Waals surface area contributed by atoms with Gasteiger partial charge in [-0.05, 0) is 5.92 Å². The fourth-order valence-electron chi connectivity index (χ4n) is 0.392. The Bertz CT molecular complexity index is 104. The van der Waals surface area contributed by atoms with Gasteiger partial charge in [-0.2, -0.15) is 0 Å². The third kappa shape index (κ3) is 4.62. The fraction of sp³-hybridized carbons (Fsp3) is 0.857. The number of hydrogen-bond acceptors (Lipinski definition) is 2. The lowest BCUT2D eigenvalue weighted by atomic mass is 10.1. The van der Waals surface area contributed by atoms with Crippen LogP contribution in [-0.2, 0) is 9.53 Å². The van der Waals surface area contributed by atoms with Gasteiger partial charge in [0.1, 0.15) is 5.88 Å². The molecule has 60 valence electrons. The zero-order chi connectivity index (χ0) is 7.98. The van der Waals surface area contributed by atoms with Crippen molar-refractivity contribution in [1.82, 2.24) is 0 Å². The molecule has 0 rings (SSSR count). The second-order valence-electron chi connectivity index (χ2n) is 2.33. The average Bonchev–Trinajstić information content (AvgIpc) is 1.99. The second kappa shape index (κ2) is 5.54. The smallest absolute Gasteiger partial charge is 0.320 e. The highest BCUT2D eigenvalue weighted by Crippen LogP contribution is 2.00. The Morgan fingerprint density at radius 3 is 2.70 bits per heavy atom. The lowest BCUT2D eigenvalue weighted by Gasteiger charge is -2.07. The Balaban J connectivity index is 3.26. The monoisotopic (exact) mass is 164 g/mol. The predicted molar refractivity (Wildman–Crippen MR) is 41.1 cm³/mol. The first-order valence-corrected chi connectivity index (χ1v) is 3.95. The van der Waals surface area contributed by atoms with Gasteiger partial charge in [0, 0.05) is 0 Å². The van der Waals surface area contributed by atoms with E-state index < -0.39 is 0 Å². The third-order valence-corrected chi connectivity index (χ3v) is 1.55. The maximum absolute atomic E-state index is 10.5. The molecule has 10 heavy (non-hydrogen) atoms. The number of alkyl halides is 1. The van der Waals surface area contributed by atoms with Gasteiger partial charge in [0.15, 0.2) is 0 Å². The molecule has 1 atom stereocenters. The van der Waals surface area contributed by atoms with Gasteiger partial charge in [-0.25, -0.2) is 0 Å². The molecule has 3 heteroatoms. The van der Waals surface area contributed by atoms with E-state index in [9.17, 15) is 4.79 Å². The van der Waals surface area contributed by atoms with Crippen molar-refractivity contribution in [1.29, 1.82) is 0 Å². The number of halogens is 1. The molecule has 0 radical (unpaired) electrons. The molecule has 0 aliphatic carbocycles. The van der Waals surface area contributed by atoms with E-state index in [4.69, 9.17) is 16.3 Å². The molecule has 0 saturated heterocycles. The van der Waals surface area contributed by atoms with Crippen LogP contribution in [-0.4, -0.2) is 18.5 Å². The van der Waals surface area contributed by atoms with Crippen LogP contribution in [0.3, 0.4) is 0 Å². The van der Waals surface area contributed by atoms with Crippen LogP contribution in [0.1, 0.15) is 20.3 Å². The molecule has 0 saturated carbocycles. The van der Waals surface area contributed by atoms with Gasteiger partial charge in [-0.1, -0.05) is 20.3 Å². The lowest BCUT2D eigenvalue weighted by molar-refractivity contribution is -0.141. The predicted octanol–water partition coefficient (Wildman–Crippen LogP) is 1.81. The van der Waals surface area contributed by atoms with E-state index in [-0.39, 0.29) is 11.8 Å². The Morgan fingerprint density at radius 2 is 2.30 bits per heavy atom. The second-order valence-corrected chi connectivity index (χ2v) is 2.60. The highest BCUT2D eigenvalue weighted by atomic mass is 35.5. The first kappa shape index (κ1) is 9.76. The molecule has 0 amide bonds. The summed E-state index contributed by atoms with van der Waals surface area (Å²) in [5, 5.41) is 0. The molecule has 0 unspecified atom stereocenters. The molecule has 0 aliphatic heterocycles. The molecular weight excluding hydrogens is 152 g/mol. The minimum absolute atomic E-state index is 0.0452. The number of hydrogen-bond donors (Lipinski definition) is 0. The molecule has 0 aliphatic rings. The van der Waals surface area contributed by atoms with Crippen molar-refractivity contribution in [3.63, 3.8) is 0 Å². The standard InChI is InChI=1S/C7H13ClO2/c1-3-6(2)5-10-7(9)4-8/h6H,3-5H2,1-2H3/t6-/m0/s1. The van der Waals surface area contributed by atoms with Gasteiger partial charge in [0.05, 0.1) is 6.61 Å². The fourth-order valence-corrected chi connectivity index (χ4v) is 0.469. The summed E-state index contributed by atoms with van der Waals surface area (Å²) in [6.45, 7) is 4.57. The van der Waals surface area contributed by atoms with Crippen LogP contribution in [0.4, 0.5) is 0 Å². The number of esters is 1. The van der Waals surface area contributed by atoms with Gasteiger partial charge >= 0.3 is 5.97 Å². The third-order valence-electron chi connectivity index (χ3n) is 1.33. The van der Waals surface area contributed by atoms with E-state index in [1.807, 2.05) is 6.92 Å². The van der Waals surface area contributed by atoms with Gasteiger partial charge in [-0.15, -0.1) is 11.6 Å². The number of rotatable bonds is 4. The normalized spacial score (nSPS) is 12.7. The van der Waals surface area contributed by atoms with Gasteiger partial charge in [0.2, 0.25) is 0 Å². The van der Waals surface area contributed by atoms with Crippen molar-refractivity contribution in [3.05, 3.63) is 0 Å². The summed E-state index contributed by atoms with van der Waals surface area (Å²) in [6, 6.07) is 0. The van der Waals surface area contributed by atoms with Crippen LogP contribution < -0.4 is 0 Å². The summed E-state index contributed by atoms with van der Waals surface area (Å²) >= 11 is 5.20. The Hall–Kier alpha value is -0.240. The highest BCUT2D eigenvalue weighted by molar-refractivity contribution is 6.26. The van der Waals surface area contributed by atoms with E-state index in [1.165, 1.54) is 0 Å². The minimum Gasteiger partial charge on any atom is -0.465 e. The largest absolute Gasteiger partial charge is 0.465 e. The van der Waals surface area contributed by atoms with Crippen molar-refractivity contribution in [2.45, 2.75) is 20.3 Å². The van der Waals surface area contributed by atoms with Crippen molar-refractivity contribution in [2.75, 3.05) is 12.5 Å². The first-order chi connectivity index (χ1) is 4.70. The molecule has 0 bridgehead atoms. The van der Waals surface area contributed by atoms with Crippen molar-refractivity contribution < 1.29 is 9.53 Å². The zero-order valence-corrected chi connectivity index (χ0v) is 7.15. The summed E-state index contributed by atoms with van der Waals surface area (Å²) in [4.78, 5) is 10.5. The van der Waals surface area contributed by atoms with E-state index >= 15 is 0 Å². The maximum Gasteiger partial charge on any atom is 0.320 e. The average molecular weight is 165 g/mol. The summed E-state index contributed by atoms with van der Waals surface area (Å²) in [5.41, 5.74) is 0.